The number of phenols is 1. The average molecular weight is 420 g/mol. The number of fused-ring (bicyclic) bond motifs is 3. The summed E-state index contributed by atoms with van der Waals surface area (Å²) in [7, 11) is 1.28. The molecule has 6 nitrogen and oxygen atoms in total. The second kappa shape index (κ2) is 6.94. The van der Waals surface area contributed by atoms with Crippen LogP contribution in [-0.4, -0.2) is 35.1 Å². The van der Waals surface area contributed by atoms with E-state index < -0.39 is 23.9 Å². The number of hydrogen-bond donors (Lipinski definition) is 3. The van der Waals surface area contributed by atoms with E-state index in [0.29, 0.717) is 27.7 Å². The number of aromatic hydroxyl groups is 1. The second-order valence-electron chi connectivity index (χ2n) is 7.45. The minimum atomic E-state index is -4.81. The molecule has 30 heavy (non-hydrogen) atoms. The summed E-state index contributed by atoms with van der Waals surface area (Å²) in [5.41, 5.74) is 1.53. The Balaban J connectivity index is 1.89. The van der Waals surface area contributed by atoms with Crippen molar-refractivity contribution in [3.05, 3.63) is 59.3 Å². The number of rotatable bonds is 3. The molecule has 158 valence electrons. The molecular weight excluding hydrogens is 401 g/mol. The van der Waals surface area contributed by atoms with E-state index in [9.17, 15) is 23.1 Å². The van der Waals surface area contributed by atoms with Gasteiger partial charge in [-0.2, -0.15) is 0 Å². The van der Waals surface area contributed by atoms with Crippen LogP contribution in [0, 0.1) is 0 Å². The fraction of sp³-hybridized carbons (Fsp3) is 0.286. The van der Waals surface area contributed by atoms with Gasteiger partial charge in [0.15, 0.2) is 0 Å². The van der Waals surface area contributed by atoms with Crippen molar-refractivity contribution in [2.24, 2.45) is 0 Å². The van der Waals surface area contributed by atoms with Gasteiger partial charge in [0.05, 0.1) is 13.2 Å². The summed E-state index contributed by atoms with van der Waals surface area (Å²) < 4.78 is 47.1. The first kappa shape index (κ1) is 20.1. The number of alkyl halides is 3. The Kier molecular flexibility index (Phi) is 4.65. The number of esters is 1. The lowest BCUT2D eigenvalue weighted by Crippen LogP contribution is -2.56. The Hall–Kier alpha value is -3.20. The van der Waals surface area contributed by atoms with Crippen molar-refractivity contribution in [3.63, 3.8) is 0 Å². The zero-order valence-corrected chi connectivity index (χ0v) is 16.1. The van der Waals surface area contributed by atoms with E-state index in [2.05, 4.69) is 15.0 Å². The summed E-state index contributed by atoms with van der Waals surface area (Å²) in [6, 6.07) is 10.1. The topological polar surface area (TPSA) is 83.6 Å². The van der Waals surface area contributed by atoms with Gasteiger partial charge in [0.25, 0.3) is 0 Å². The smallest absolute Gasteiger partial charge is 0.508 e. The molecule has 0 unspecified atom stereocenters. The van der Waals surface area contributed by atoms with Gasteiger partial charge in [0, 0.05) is 23.0 Å². The van der Waals surface area contributed by atoms with Crippen LogP contribution in [0.5, 0.6) is 11.5 Å². The highest BCUT2D eigenvalue weighted by Crippen LogP contribution is 2.40. The Morgan fingerprint density at radius 1 is 1.23 bits per heavy atom. The molecule has 0 fully saturated rings. The van der Waals surface area contributed by atoms with Crippen LogP contribution in [0.15, 0.2) is 42.5 Å². The number of hydrogen-bond acceptors (Lipinski definition) is 5. The minimum Gasteiger partial charge on any atom is -0.508 e. The summed E-state index contributed by atoms with van der Waals surface area (Å²) in [5, 5.41) is 13.7. The molecule has 3 aromatic rings. The lowest BCUT2D eigenvalue weighted by molar-refractivity contribution is -0.274. The predicted molar refractivity (Wildman–Crippen MR) is 102 cm³/mol. The quantitative estimate of drug-likeness (QED) is 0.559. The van der Waals surface area contributed by atoms with E-state index in [1.807, 2.05) is 0 Å². The molecule has 1 aliphatic rings. The zero-order valence-electron chi connectivity index (χ0n) is 16.1. The third-order valence-corrected chi connectivity index (χ3v) is 5.27. The molecule has 0 bridgehead atoms. The number of carbonyl (C=O) groups excluding carboxylic acids is 1. The van der Waals surface area contributed by atoms with E-state index in [1.165, 1.54) is 31.4 Å². The molecule has 2 heterocycles. The van der Waals surface area contributed by atoms with Gasteiger partial charge in [0.1, 0.15) is 17.0 Å². The van der Waals surface area contributed by atoms with Gasteiger partial charge in [-0.1, -0.05) is 12.1 Å². The standard InChI is InChI=1S/C21H19F3N2O4/c1-20(19(28)29-2)10-15-14-9-13(30-21(22,23)24)6-7-16(14)25-18(15)17(26-20)11-4-3-5-12(27)8-11/h3-9,17,25-27H,10H2,1-2H3/t17-,20+/m1/s1. The molecule has 0 spiro atoms. The number of phenolic OH excluding ortho intramolecular Hbond substituents is 1. The zero-order chi connectivity index (χ0) is 21.7. The molecule has 2 atom stereocenters. The number of methoxy groups -OCH3 is 1. The largest absolute Gasteiger partial charge is 0.573 e. The normalized spacial score (nSPS) is 21.3. The van der Waals surface area contributed by atoms with Gasteiger partial charge in [-0.25, -0.2) is 0 Å². The van der Waals surface area contributed by atoms with Crippen LogP contribution < -0.4 is 10.1 Å². The summed E-state index contributed by atoms with van der Waals surface area (Å²) in [6.45, 7) is 1.67. The maximum atomic E-state index is 12.7. The van der Waals surface area contributed by atoms with Gasteiger partial charge < -0.3 is 19.6 Å². The number of H-pyrrole nitrogens is 1. The van der Waals surface area contributed by atoms with E-state index in [0.717, 1.165) is 0 Å². The number of ether oxygens (including phenoxy) is 2. The van der Waals surface area contributed by atoms with Crippen molar-refractivity contribution in [3.8, 4) is 11.5 Å². The molecule has 0 saturated heterocycles. The van der Waals surface area contributed by atoms with Gasteiger partial charge in [-0.15, -0.1) is 13.2 Å². The van der Waals surface area contributed by atoms with Crippen molar-refractivity contribution in [2.45, 2.75) is 31.3 Å². The van der Waals surface area contributed by atoms with Crippen molar-refractivity contribution in [2.75, 3.05) is 7.11 Å². The Morgan fingerprint density at radius 3 is 2.67 bits per heavy atom. The van der Waals surface area contributed by atoms with E-state index in [1.54, 1.807) is 25.1 Å². The highest BCUT2D eigenvalue weighted by atomic mass is 19.4. The van der Waals surface area contributed by atoms with Crippen LogP contribution in [-0.2, 0) is 16.0 Å². The molecule has 0 amide bonds. The number of aromatic nitrogens is 1. The lowest BCUT2D eigenvalue weighted by atomic mass is 9.82. The molecular formula is C21H19F3N2O4. The monoisotopic (exact) mass is 420 g/mol. The van der Waals surface area contributed by atoms with Gasteiger partial charge in [-0.3, -0.25) is 10.1 Å². The minimum absolute atomic E-state index is 0.0539. The number of carbonyl (C=O) groups is 1. The molecule has 9 heteroatoms. The number of halogens is 3. The van der Waals surface area contributed by atoms with E-state index in [4.69, 9.17) is 4.74 Å². The molecule has 0 aliphatic carbocycles. The number of nitrogens with one attached hydrogen (secondary N) is 2. The lowest BCUT2D eigenvalue weighted by Gasteiger charge is -2.37. The molecule has 0 saturated carbocycles. The number of benzene rings is 2. The number of aromatic amines is 1. The van der Waals surface area contributed by atoms with Crippen LogP contribution >= 0.6 is 0 Å². The van der Waals surface area contributed by atoms with Crippen LogP contribution in [0.4, 0.5) is 13.2 Å². The molecule has 3 N–H and O–H groups in total. The molecule has 4 rings (SSSR count). The predicted octanol–water partition coefficient (Wildman–Crippen LogP) is 3.94. The maximum Gasteiger partial charge on any atom is 0.573 e. The van der Waals surface area contributed by atoms with Crippen LogP contribution in [0.2, 0.25) is 0 Å². The molecule has 1 aromatic heterocycles. The highest BCUT2D eigenvalue weighted by Gasteiger charge is 2.44. The first-order valence-corrected chi connectivity index (χ1v) is 9.15. The van der Waals surface area contributed by atoms with Crippen LogP contribution in [0.3, 0.4) is 0 Å². The summed E-state index contributed by atoms with van der Waals surface area (Å²) >= 11 is 0. The van der Waals surface area contributed by atoms with Crippen LogP contribution in [0.1, 0.15) is 29.8 Å². The first-order valence-electron chi connectivity index (χ1n) is 9.15. The Morgan fingerprint density at radius 2 is 2.00 bits per heavy atom. The third-order valence-electron chi connectivity index (χ3n) is 5.27. The fourth-order valence-electron chi connectivity index (χ4n) is 3.99. The second-order valence-corrected chi connectivity index (χ2v) is 7.45. The van der Waals surface area contributed by atoms with Crippen LogP contribution in [0.25, 0.3) is 10.9 Å². The van der Waals surface area contributed by atoms with Gasteiger partial charge in [0.2, 0.25) is 0 Å². The van der Waals surface area contributed by atoms with Crippen molar-refractivity contribution in [1.29, 1.82) is 0 Å². The fourth-order valence-corrected chi connectivity index (χ4v) is 3.99. The van der Waals surface area contributed by atoms with E-state index >= 15 is 0 Å². The summed E-state index contributed by atoms with van der Waals surface area (Å²) in [4.78, 5) is 15.8. The van der Waals surface area contributed by atoms with Crippen molar-refractivity contribution in [1.82, 2.24) is 10.3 Å². The van der Waals surface area contributed by atoms with Crippen molar-refractivity contribution < 1.29 is 32.5 Å². The SMILES string of the molecule is COC(=O)[C@]1(C)Cc2c([nH]c3ccc(OC(F)(F)F)cc23)[C@@H](c2cccc(O)c2)N1. The van der Waals surface area contributed by atoms with Gasteiger partial charge in [-0.05, 0) is 48.4 Å². The maximum absolute atomic E-state index is 12.7. The van der Waals surface area contributed by atoms with Crippen molar-refractivity contribution >= 4 is 16.9 Å². The molecule has 0 radical (unpaired) electrons. The average Bonchev–Trinajstić information content (AvgIpc) is 3.03. The van der Waals surface area contributed by atoms with E-state index in [-0.39, 0.29) is 17.9 Å². The summed E-state index contributed by atoms with van der Waals surface area (Å²) in [5.74, 6) is -0.794. The highest BCUT2D eigenvalue weighted by molar-refractivity contribution is 5.89. The molecule has 2 aromatic carbocycles. The summed E-state index contributed by atoms with van der Waals surface area (Å²) in [6.07, 6.45) is -4.62. The Labute approximate surface area is 169 Å². The third kappa shape index (κ3) is 3.56. The first-order chi connectivity index (χ1) is 14.1. The Bertz CT molecular complexity index is 1130. The molecule has 1 aliphatic heterocycles. The van der Waals surface area contributed by atoms with Gasteiger partial charge >= 0.3 is 12.3 Å².